The van der Waals surface area contributed by atoms with E-state index < -0.39 is 11.6 Å². The highest BCUT2D eigenvalue weighted by Crippen LogP contribution is 2.46. The van der Waals surface area contributed by atoms with E-state index in [1.807, 2.05) is 0 Å². The van der Waals surface area contributed by atoms with Gasteiger partial charge in [-0.3, -0.25) is 0 Å². The molecule has 0 saturated carbocycles. The monoisotopic (exact) mass is 328 g/mol. The first-order valence-corrected chi connectivity index (χ1v) is 8.08. The first-order chi connectivity index (χ1) is 11.2. The van der Waals surface area contributed by atoms with Gasteiger partial charge in [0.15, 0.2) is 0 Å². The summed E-state index contributed by atoms with van der Waals surface area (Å²) in [6.07, 6.45) is 2.91. The lowest BCUT2D eigenvalue weighted by atomic mass is 9.81. The van der Waals surface area contributed by atoms with Gasteiger partial charge >= 0.3 is 0 Å². The predicted octanol–water partition coefficient (Wildman–Crippen LogP) is 5.90. The Hall–Kier alpha value is -2.16. The van der Waals surface area contributed by atoms with Crippen LogP contribution in [0, 0.1) is 11.6 Å². The molecule has 0 fully saturated rings. The van der Waals surface area contributed by atoms with Gasteiger partial charge in [0.25, 0.3) is 0 Å². The topological polar surface area (TPSA) is 9.23 Å². The van der Waals surface area contributed by atoms with Crippen molar-refractivity contribution >= 4 is 6.08 Å². The van der Waals surface area contributed by atoms with E-state index in [9.17, 15) is 8.78 Å². The summed E-state index contributed by atoms with van der Waals surface area (Å²) < 4.78 is 33.4. The molecule has 0 saturated heterocycles. The second-order valence-corrected chi connectivity index (χ2v) is 7.48. The molecule has 0 heterocycles. The number of ether oxygens (including phenoxy) is 1. The summed E-state index contributed by atoms with van der Waals surface area (Å²) in [5.74, 6) is -0.455. The molecule has 126 valence electrons. The fourth-order valence-corrected chi connectivity index (χ4v) is 3.41. The van der Waals surface area contributed by atoms with Crippen molar-refractivity contribution in [1.29, 1.82) is 0 Å². The van der Waals surface area contributed by atoms with Crippen molar-refractivity contribution in [3.63, 3.8) is 0 Å². The van der Waals surface area contributed by atoms with Crippen molar-refractivity contribution < 1.29 is 13.5 Å². The molecular formula is C21H22F2O. The maximum atomic E-state index is 13.8. The number of hydrogen-bond acceptors (Lipinski definition) is 1. The van der Waals surface area contributed by atoms with Crippen LogP contribution in [0.3, 0.4) is 0 Å². The minimum atomic E-state index is -0.579. The van der Waals surface area contributed by atoms with Crippen LogP contribution in [-0.2, 0) is 11.8 Å². The number of halogens is 2. The third-order valence-electron chi connectivity index (χ3n) is 4.44. The summed E-state index contributed by atoms with van der Waals surface area (Å²) in [4.78, 5) is 0. The molecule has 0 amide bonds. The molecule has 0 spiro atoms. The number of hydrogen-bond donors (Lipinski definition) is 0. The fourth-order valence-electron chi connectivity index (χ4n) is 3.41. The van der Waals surface area contributed by atoms with E-state index in [0.717, 1.165) is 34.7 Å². The summed E-state index contributed by atoms with van der Waals surface area (Å²) >= 11 is 0. The van der Waals surface area contributed by atoms with Crippen LogP contribution in [0.15, 0.2) is 29.8 Å². The average Bonchev–Trinajstić information content (AvgIpc) is 2.82. The van der Waals surface area contributed by atoms with E-state index in [2.05, 4.69) is 39.8 Å². The first kappa shape index (κ1) is 16.7. The summed E-state index contributed by atoms with van der Waals surface area (Å²) in [6, 6.07) is 5.79. The molecule has 24 heavy (non-hydrogen) atoms. The molecule has 3 heteroatoms. The molecule has 0 radical (unpaired) electrons. The lowest BCUT2D eigenvalue weighted by molar-refractivity contribution is 0.399. The van der Waals surface area contributed by atoms with Gasteiger partial charge in [-0.05, 0) is 53.6 Å². The minimum Gasteiger partial charge on any atom is -0.496 e. The van der Waals surface area contributed by atoms with Crippen LogP contribution in [-0.4, -0.2) is 7.11 Å². The molecule has 0 bridgehead atoms. The van der Waals surface area contributed by atoms with Crippen LogP contribution < -0.4 is 4.74 Å². The molecular weight excluding hydrogens is 306 g/mol. The lowest BCUT2D eigenvalue weighted by Gasteiger charge is -2.26. The average molecular weight is 328 g/mol. The van der Waals surface area contributed by atoms with Crippen LogP contribution in [0.4, 0.5) is 8.78 Å². The quantitative estimate of drug-likeness (QED) is 0.667. The molecule has 2 aromatic rings. The van der Waals surface area contributed by atoms with Crippen LogP contribution in [0.2, 0.25) is 0 Å². The van der Waals surface area contributed by atoms with Gasteiger partial charge in [0.2, 0.25) is 0 Å². The summed E-state index contributed by atoms with van der Waals surface area (Å²) in [5.41, 5.74) is 5.62. The Balaban J connectivity index is 2.38. The zero-order chi connectivity index (χ0) is 17.6. The van der Waals surface area contributed by atoms with Gasteiger partial charge in [-0.15, -0.1) is 0 Å². The van der Waals surface area contributed by atoms with Gasteiger partial charge in [-0.2, -0.15) is 0 Å². The number of fused-ring (bicyclic) bond motifs is 1. The maximum Gasteiger partial charge on any atom is 0.130 e. The molecule has 0 N–H and O–H groups in total. The van der Waals surface area contributed by atoms with Gasteiger partial charge in [0.1, 0.15) is 17.4 Å². The molecule has 1 aliphatic rings. The van der Waals surface area contributed by atoms with Crippen molar-refractivity contribution in [2.75, 3.05) is 7.11 Å². The van der Waals surface area contributed by atoms with Crippen LogP contribution in [0.5, 0.6) is 5.75 Å². The molecule has 1 nitrogen and oxygen atoms in total. The standard InChI is InChI=1S/C21H22F2O/c1-12-6-13-10-18(21(2,3)4)20(24-5)19(17(13)7-12)14-8-15(22)11-16(23)9-14/h6,8-11H,7H2,1-5H3. The highest BCUT2D eigenvalue weighted by molar-refractivity contribution is 5.83. The smallest absolute Gasteiger partial charge is 0.130 e. The molecule has 0 aliphatic heterocycles. The van der Waals surface area contributed by atoms with Crippen LogP contribution in [0.25, 0.3) is 17.2 Å². The first-order valence-electron chi connectivity index (χ1n) is 8.08. The summed E-state index contributed by atoms with van der Waals surface area (Å²) in [5, 5.41) is 0. The van der Waals surface area contributed by atoms with E-state index in [-0.39, 0.29) is 5.41 Å². The van der Waals surface area contributed by atoms with Gasteiger partial charge < -0.3 is 4.74 Å². The molecule has 0 atom stereocenters. The maximum absolute atomic E-state index is 13.8. The minimum absolute atomic E-state index is 0.147. The molecule has 1 aliphatic carbocycles. The summed E-state index contributed by atoms with van der Waals surface area (Å²) in [6.45, 7) is 8.40. The van der Waals surface area contributed by atoms with E-state index in [1.165, 1.54) is 17.7 Å². The fraction of sp³-hybridized carbons (Fsp3) is 0.333. The molecule has 0 unspecified atom stereocenters. The SMILES string of the molecule is COc1c(C(C)(C)C)cc2c(c1-c1cc(F)cc(F)c1)CC(C)=C2. The Morgan fingerprint density at radius 1 is 1.00 bits per heavy atom. The number of benzene rings is 2. The second kappa shape index (κ2) is 5.73. The molecule has 2 aromatic carbocycles. The number of methoxy groups -OCH3 is 1. The second-order valence-electron chi connectivity index (χ2n) is 7.48. The van der Waals surface area contributed by atoms with Gasteiger partial charge in [0.05, 0.1) is 7.11 Å². The highest BCUT2D eigenvalue weighted by atomic mass is 19.1. The third kappa shape index (κ3) is 2.83. The Morgan fingerprint density at radius 2 is 1.62 bits per heavy atom. The van der Waals surface area contributed by atoms with Crippen molar-refractivity contribution in [2.24, 2.45) is 0 Å². The van der Waals surface area contributed by atoms with Gasteiger partial charge in [0, 0.05) is 17.2 Å². The van der Waals surface area contributed by atoms with Crippen molar-refractivity contribution in [3.8, 4) is 16.9 Å². The van der Waals surface area contributed by atoms with Crippen LogP contribution >= 0.6 is 0 Å². The van der Waals surface area contributed by atoms with Crippen molar-refractivity contribution in [3.05, 3.63) is 58.2 Å². The van der Waals surface area contributed by atoms with Crippen molar-refractivity contribution in [2.45, 2.75) is 39.5 Å². The zero-order valence-corrected chi connectivity index (χ0v) is 14.8. The van der Waals surface area contributed by atoms with Gasteiger partial charge in [-0.25, -0.2) is 8.78 Å². The number of allylic oxidation sites excluding steroid dienone is 1. The Bertz CT molecular complexity index is 822. The Kier molecular flexibility index (Phi) is 3.98. The van der Waals surface area contributed by atoms with E-state index in [0.29, 0.717) is 11.3 Å². The predicted molar refractivity (Wildman–Crippen MR) is 94.4 cm³/mol. The normalized spacial score (nSPS) is 13.7. The third-order valence-corrected chi connectivity index (χ3v) is 4.44. The Labute approximate surface area is 142 Å². The summed E-state index contributed by atoms with van der Waals surface area (Å²) in [7, 11) is 1.62. The molecule has 0 aromatic heterocycles. The van der Waals surface area contributed by atoms with E-state index in [4.69, 9.17) is 4.74 Å². The zero-order valence-electron chi connectivity index (χ0n) is 14.8. The molecule has 3 rings (SSSR count). The lowest BCUT2D eigenvalue weighted by Crippen LogP contribution is -2.14. The number of rotatable bonds is 2. The van der Waals surface area contributed by atoms with E-state index in [1.54, 1.807) is 7.11 Å². The Morgan fingerprint density at radius 3 is 2.17 bits per heavy atom. The highest BCUT2D eigenvalue weighted by Gasteiger charge is 2.28. The van der Waals surface area contributed by atoms with Crippen molar-refractivity contribution in [1.82, 2.24) is 0 Å². The van der Waals surface area contributed by atoms with Gasteiger partial charge in [-0.1, -0.05) is 32.4 Å². The van der Waals surface area contributed by atoms with E-state index >= 15 is 0 Å². The van der Waals surface area contributed by atoms with Crippen LogP contribution in [0.1, 0.15) is 44.4 Å². The largest absolute Gasteiger partial charge is 0.496 e.